The monoisotopic (exact) mass is 424 g/mol. The maximum atomic E-state index is 12.6. The van der Waals surface area contributed by atoms with E-state index in [0.29, 0.717) is 10.0 Å². The fourth-order valence-corrected chi connectivity index (χ4v) is 3.28. The van der Waals surface area contributed by atoms with E-state index in [1.807, 2.05) is 13.0 Å². The number of hydrogen-bond acceptors (Lipinski definition) is 4. The fourth-order valence-electron chi connectivity index (χ4n) is 2.39. The van der Waals surface area contributed by atoms with Crippen molar-refractivity contribution in [2.45, 2.75) is 13.0 Å². The molecule has 3 rings (SSSR count). The van der Waals surface area contributed by atoms with Gasteiger partial charge in [0, 0.05) is 11.1 Å². The van der Waals surface area contributed by atoms with Gasteiger partial charge in [-0.05, 0) is 44.8 Å². The summed E-state index contributed by atoms with van der Waals surface area (Å²) < 4.78 is 5.97. The van der Waals surface area contributed by atoms with E-state index in [1.165, 1.54) is 6.26 Å². The molecule has 1 aromatic heterocycles. The molecule has 1 unspecified atom stereocenters. The number of aliphatic hydroxyl groups is 1. The third-order valence-electron chi connectivity index (χ3n) is 3.48. The smallest absolute Gasteiger partial charge is 0.204 e. The number of benzene rings is 1. The molecule has 1 N–H and O–H groups in total. The van der Waals surface area contributed by atoms with Crippen molar-refractivity contribution in [2.75, 3.05) is 0 Å². The van der Waals surface area contributed by atoms with Gasteiger partial charge in [-0.25, -0.2) is 0 Å². The van der Waals surface area contributed by atoms with E-state index in [4.69, 9.17) is 4.42 Å². The van der Waals surface area contributed by atoms with E-state index in [1.54, 1.807) is 18.2 Å². The summed E-state index contributed by atoms with van der Waals surface area (Å²) in [7, 11) is 0. The number of carbonyl (C=O) groups is 2. The van der Waals surface area contributed by atoms with Gasteiger partial charge in [0.1, 0.15) is 18.1 Å². The van der Waals surface area contributed by atoms with Crippen molar-refractivity contribution < 1.29 is 19.1 Å². The number of halogens is 2. The van der Waals surface area contributed by atoms with Crippen molar-refractivity contribution in [3.63, 3.8) is 0 Å². The molecule has 22 heavy (non-hydrogen) atoms. The Balaban J connectivity index is 2.15. The SMILES string of the molecule is Cc1cccc(C(=O)c2coc3c2C(O)C(=O)C(Br)=C3Br)c1. The number of hydrogen-bond donors (Lipinski definition) is 1. The second-order valence-electron chi connectivity index (χ2n) is 4.99. The van der Waals surface area contributed by atoms with Crippen LogP contribution in [0.3, 0.4) is 0 Å². The molecule has 0 radical (unpaired) electrons. The van der Waals surface area contributed by atoms with Crippen LogP contribution in [-0.2, 0) is 4.79 Å². The largest absolute Gasteiger partial charge is 0.463 e. The van der Waals surface area contributed by atoms with Crippen LogP contribution in [-0.4, -0.2) is 16.7 Å². The van der Waals surface area contributed by atoms with Crippen LogP contribution in [0.25, 0.3) is 4.48 Å². The van der Waals surface area contributed by atoms with Crippen LogP contribution in [0, 0.1) is 6.92 Å². The van der Waals surface area contributed by atoms with Gasteiger partial charge in [0.2, 0.25) is 5.78 Å². The lowest BCUT2D eigenvalue weighted by atomic mass is 9.92. The first-order valence-electron chi connectivity index (χ1n) is 6.42. The number of Topliss-reactive ketones (excluding diaryl/α,β-unsaturated/α-hetero) is 1. The molecule has 1 atom stereocenters. The van der Waals surface area contributed by atoms with Gasteiger partial charge in [0.15, 0.2) is 5.78 Å². The molecule has 1 aromatic carbocycles. The third kappa shape index (κ3) is 2.31. The molecule has 2 aromatic rings. The predicted molar refractivity (Wildman–Crippen MR) is 88.1 cm³/mol. The average molecular weight is 426 g/mol. The van der Waals surface area contributed by atoms with Gasteiger partial charge in [0.05, 0.1) is 14.5 Å². The Morgan fingerprint density at radius 1 is 1.27 bits per heavy atom. The highest BCUT2D eigenvalue weighted by molar-refractivity contribution is 9.16. The first kappa shape index (κ1) is 15.4. The number of fused-ring (bicyclic) bond motifs is 1. The van der Waals surface area contributed by atoms with Crippen LogP contribution in [0.2, 0.25) is 0 Å². The first-order chi connectivity index (χ1) is 10.4. The Hall–Kier alpha value is -1.50. The lowest BCUT2D eigenvalue weighted by Crippen LogP contribution is -2.19. The van der Waals surface area contributed by atoms with Crippen LogP contribution in [0.5, 0.6) is 0 Å². The van der Waals surface area contributed by atoms with E-state index in [2.05, 4.69) is 31.9 Å². The molecule has 0 fully saturated rings. The van der Waals surface area contributed by atoms with Crippen molar-refractivity contribution >= 4 is 47.9 Å². The Kier molecular flexibility index (Phi) is 3.92. The quantitative estimate of drug-likeness (QED) is 0.741. The maximum absolute atomic E-state index is 12.6. The predicted octanol–water partition coefficient (Wildman–Crippen LogP) is 3.89. The summed E-state index contributed by atoms with van der Waals surface area (Å²) in [4.78, 5) is 24.7. The summed E-state index contributed by atoms with van der Waals surface area (Å²) in [5.41, 5.74) is 1.82. The highest BCUT2D eigenvalue weighted by Gasteiger charge is 2.37. The van der Waals surface area contributed by atoms with Gasteiger partial charge < -0.3 is 9.52 Å². The number of ketones is 2. The van der Waals surface area contributed by atoms with E-state index in [-0.39, 0.29) is 27.2 Å². The molecule has 0 saturated carbocycles. The van der Waals surface area contributed by atoms with Crippen LogP contribution < -0.4 is 0 Å². The standard InChI is InChI=1S/C16H10Br2O4/c1-7-3-2-4-8(5-7)13(19)9-6-22-16-10(9)14(20)15(21)11(17)12(16)18/h2-6,14,20H,1H3. The van der Waals surface area contributed by atoms with Crippen molar-refractivity contribution in [3.05, 3.63) is 63.0 Å². The molecule has 0 saturated heterocycles. The van der Waals surface area contributed by atoms with Crippen LogP contribution in [0.15, 0.2) is 39.4 Å². The van der Waals surface area contributed by atoms with Gasteiger partial charge in [-0.15, -0.1) is 0 Å². The zero-order valence-electron chi connectivity index (χ0n) is 11.4. The molecule has 0 spiro atoms. The van der Waals surface area contributed by atoms with Gasteiger partial charge in [0.25, 0.3) is 0 Å². The number of aryl methyl sites for hydroxylation is 1. The van der Waals surface area contributed by atoms with Gasteiger partial charge in [-0.1, -0.05) is 23.8 Å². The lowest BCUT2D eigenvalue weighted by Gasteiger charge is -2.17. The highest BCUT2D eigenvalue weighted by atomic mass is 79.9. The zero-order valence-corrected chi connectivity index (χ0v) is 14.6. The van der Waals surface area contributed by atoms with Gasteiger partial charge in [-0.2, -0.15) is 0 Å². The summed E-state index contributed by atoms with van der Waals surface area (Å²) in [6.07, 6.45) is -0.146. The van der Waals surface area contributed by atoms with Crippen molar-refractivity contribution in [1.82, 2.24) is 0 Å². The Labute approximate surface area is 143 Å². The fraction of sp³-hybridized carbons (Fsp3) is 0.125. The third-order valence-corrected chi connectivity index (χ3v) is 5.56. The minimum absolute atomic E-state index is 0.191. The second-order valence-corrected chi connectivity index (χ2v) is 6.57. The van der Waals surface area contributed by atoms with Crippen LogP contribution >= 0.6 is 31.9 Å². The topological polar surface area (TPSA) is 67.5 Å². The molecule has 0 aliphatic heterocycles. The zero-order chi connectivity index (χ0) is 16.0. The summed E-state index contributed by atoms with van der Waals surface area (Å²) in [6, 6.07) is 7.10. The second kappa shape index (κ2) is 5.61. The molecule has 1 aliphatic carbocycles. The molecule has 1 heterocycles. The van der Waals surface area contributed by atoms with Crippen molar-refractivity contribution in [1.29, 1.82) is 0 Å². The summed E-state index contributed by atoms with van der Waals surface area (Å²) in [5, 5.41) is 10.2. The minimum Gasteiger partial charge on any atom is -0.463 e. The summed E-state index contributed by atoms with van der Waals surface area (Å²) >= 11 is 6.35. The summed E-state index contributed by atoms with van der Waals surface area (Å²) in [6.45, 7) is 1.89. The molecular formula is C16H10Br2O4. The normalized spacial score (nSPS) is 17.6. The Morgan fingerprint density at radius 2 is 2.00 bits per heavy atom. The number of rotatable bonds is 2. The summed E-state index contributed by atoms with van der Waals surface area (Å²) in [5.74, 6) is -0.520. The molecule has 0 bridgehead atoms. The molecule has 4 nitrogen and oxygen atoms in total. The lowest BCUT2D eigenvalue weighted by molar-refractivity contribution is -0.122. The molecule has 6 heteroatoms. The number of furan rings is 1. The average Bonchev–Trinajstić information content (AvgIpc) is 2.95. The van der Waals surface area contributed by atoms with Crippen molar-refractivity contribution in [3.8, 4) is 0 Å². The van der Waals surface area contributed by atoms with Gasteiger partial charge >= 0.3 is 0 Å². The van der Waals surface area contributed by atoms with Crippen LogP contribution in [0.4, 0.5) is 0 Å². The number of carbonyl (C=O) groups excluding carboxylic acids is 2. The minimum atomic E-state index is -1.42. The van der Waals surface area contributed by atoms with E-state index in [0.717, 1.165) is 5.56 Å². The van der Waals surface area contributed by atoms with Gasteiger partial charge in [-0.3, -0.25) is 9.59 Å². The molecule has 1 aliphatic rings. The number of aliphatic hydroxyl groups excluding tert-OH is 1. The van der Waals surface area contributed by atoms with E-state index >= 15 is 0 Å². The highest BCUT2D eigenvalue weighted by Crippen LogP contribution is 2.43. The van der Waals surface area contributed by atoms with E-state index < -0.39 is 11.9 Å². The Morgan fingerprint density at radius 3 is 2.68 bits per heavy atom. The molecule has 112 valence electrons. The molecular weight excluding hydrogens is 416 g/mol. The van der Waals surface area contributed by atoms with Crippen molar-refractivity contribution in [2.24, 2.45) is 0 Å². The Bertz CT molecular complexity index is 832. The molecule has 0 amide bonds. The maximum Gasteiger partial charge on any atom is 0.204 e. The first-order valence-corrected chi connectivity index (χ1v) is 8.01. The van der Waals surface area contributed by atoms with E-state index in [9.17, 15) is 14.7 Å². The van der Waals surface area contributed by atoms with Crippen LogP contribution in [0.1, 0.15) is 38.9 Å².